The number of hydrogen-bond donors (Lipinski definition) is 1. The average molecular weight is 344 g/mol. The van der Waals surface area contributed by atoms with E-state index in [-0.39, 0.29) is 24.2 Å². The van der Waals surface area contributed by atoms with Crippen molar-refractivity contribution in [3.8, 4) is 0 Å². The Hall–Kier alpha value is -1.33. The van der Waals surface area contributed by atoms with Crippen molar-refractivity contribution in [3.05, 3.63) is 69.4 Å². The third kappa shape index (κ3) is 3.61. The van der Waals surface area contributed by atoms with Crippen molar-refractivity contribution < 1.29 is 13.2 Å². The van der Waals surface area contributed by atoms with E-state index in [0.717, 1.165) is 4.47 Å². The molecule has 2 aromatic carbocycles. The molecule has 0 bridgehead atoms. The van der Waals surface area contributed by atoms with Crippen molar-refractivity contribution in [1.82, 2.24) is 0 Å². The molecule has 0 aliphatic carbocycles. The summed E-state index contributed by atoms with van der Waals surface area (Å²) in [6.07, 6.45) is 0.226. The number of halogens is 4. The van der Waals surface area contributed by atoms with Crippen LogP contribution in [0.2, 0.25) is 0 Å². The average Bonchev–Trinajstić information content (AvgIpc) is 2.38. The quantitative estimate of drug-likeness (QED) is 0.892. The Labute approximate surface area is 123 Å². The largest absolute Gasteiger partial charge is 0.327 e. The molecule has 2 aromatic rings. The number of benzene rings is 2. The summed E-state index contributed by atoms with van der Waals surface area (Å²) in [6, 6.07) is 7.64. The molecule has 0 spiro atoms. The van der Waals surface area contributed by atoms with Gasteiger partial charge in [0.2, 0.25) is 0 Å². The van der Waals surface area contributed by atoms with Gasteiger partial charge in [0.15, 0.2) is 0 Å². The van der Waals surface area contributed by atoms with Gasteiger partial charge in [0.1, 0.15) is 17.5 Å². The molecular formula is C15H13BrF3N. The Bertz CT molecular complexity index is 596. The molecule has 0 aromatic heterocycles. The second kappa shape index (κ2) is 6.41. The molecule has 2 N–H and O–H groups in total. The molecule has 0 saturated carbocycles. The van der Waals surface area contributed by atoms with Gasteiger partial charge in [0.25, 0.3) is 0 Å². The van der Waals surface area contributed by atoms with Crippen LogP contribution in [-0.4, -0.2) is 6.04 Å². The van der Waals surface area contributed by atoms with Crippen molar-refractivity contribution in [2.75, 3.05) is 0 Å². The SMILES string of the molecule is NC(Cc1cc(Br)ccc1F)Cc1c(F)cccc1F. The van der Waals surface area contributed by atoms with E-state index in [1.165, 1.54) is 24.3 Å². The van der Waals surface area contributed by atoms with Gasteiger partial charge in [-0.3, -0.25) is 0 Å². The van der Waals surface area contributed by atoms with Gasteiger partial charge in [-0.05, 0) is 48.7 Å². The maximum absolute atomic E-state index is 13.6. The minimum atomic E-state index is -0.629. The zero-order valence-corrected chi connectivity index (χ0v) is 12.1. The predicted molar refractivity (Wildman–Crippen MR) is 75.8 cm³/mol. The predicted octanol–water partition coefficient (Wildman–Crippen LogP) is 3.98. The Morgan fingerprint density at radius 3 is 2.25 bits per heavy atom. The van der Waals surface area contributed by atoms with E-state index in [0.29, 0.717) is 5.56 Å². The third-order valence-corrected chi connectivity index (χ3v) is 3.51. The molecule has 1 atom stereocenters. The highest BCUT2D eigenvalue weighted by atomic mass is 79.9. The van der Waals surface area contributed by atoms with Crippen LogP contribution in [0.4, 0.5) is 13.2 Å². The molecule has 0 aliphatic rings. The molecule has 1 nitrogen and oxygen atoms in total. The minimum absolute atomic E-state index is 0.0183. The lowest BCUT2D eigenvalue weighted by molar-refractivity contribution is 0.528. The van der Waals surface area contributed by atoms with Crippen LogP contribution < -0.4 is 5.73 Å². The van der Waals surface area contributed by atoms with Crippen molar-refractivity contribution in [1.29, 1.82) is 0 Å². The zero-order valence-electron chi connectivity index (χ0n) is 10.5. The molecule has 0 aliphatic heterocycles. The van der Waals surface area contributed by atoms with Gasteiger partial charge in [-0.25, -0.2) is 13.2 Å². The standard InChI is InChI=1S/C15H13BrF3N/c16-10-4-5-13(17)9(6-10)7-11(20)8-12-14(18)2-1-3-15(12)19/h1-6,11H,7-8,20H2. The molecule has 0 saturated heterocycles. The molecule has 106 valence electrons. The lowest BCUT2D eigenvalue weighted by atomic mass is 9.99. The van der Waals surface area contributed by atoms with Gasteiger partial charge in [0.05, 0.1) is 0 Å². The first-order chi connectivity index (χ1) is 9.47. The van der Waals surface area contributed by atoms with Crippen molar-refractivity contribution >= 4 is 15.9 Å². The first-order valence-electron chi connectivity index (χ1n) is 6.09. The van der Waals surface area contributed by atoms with Gasteiger partial charge in [-0.2, -0.15) is 0 Å². The van der Waals surface area contributed by atoms with Crippen LogP contribution in [0.25, 0.3) is 0 Å². The fourth-order valence-corrected chi connectivity index (χ4v) is 2.45. The Kier molecular flexibility index (Phi) is 4.83. The normalized spacial score (nSPS) is 12.4. The van der Waals surface area contributed by atoms with Crippen LogP contribution in [0.5, 0.6) is 0 Å². The topological polar surface area (TPSA) is 26.0 Å². The molecule has 0 fully saturated rings. The van der Waals surface area contributed by atoms with Gasteiger partial charge in [0, 0.05) is 16.1 Å². The van der Waals surface area contributed by atoms with E-state index >= 15 is 0 Å². The third-order valence-electron chi connectivity index (χ3n) is 3.02. The lowest BCUT2D eigenvalue weighted by Crippen LogP contribution is -2.27. The first-order valence-corrected chi connectivity index (χ1v) is 6.89. The minimum Gasteiger partial charge on any atom is -0.327 e. The smallest absolute Gasteiger partial charge is 0.129 e. The fourth-order valence-electron chi connectivity index (χ4n) is 2.04. The van der Waals surface area contributed by atoms with E-state index in [9.17, 15) is 13.2 Å². The molecule has 0 radical (unpaired) electrons. The van der Waals surface area contributed by atoms with E-state index in [1.807, 2.05) is 0 Å². The number of rotatable bonds is 4. The summed E-state index contributed by atoms with van der Waals surface area (Å²) in [5, 5.41) is 0. The summed E-state index contributed by atoms with van der Waals surface area (Å²) in [7, 11) is 0. The number of nitrogens with two attached hydrogens (primary N) is 1. The van der Waals surface area contributed by atoms with E-state index in [1.54, 1.807) is 12.1 Å². The molecule has 5 heteroatoms. The molecule has 2 rings (SSSR count). The molecular weight excluding hydrogens is 331 g/mol. The summed E-state index contributed by atoms with van der Waals surface area (Å²) in [4.78, 5) is 0. The lowest BCUT2D eigenvalue weighted by Gasteiger charge is -2.14. The van der Waals surface area contributed by atoms with Crippen LogP contribution in [-0.2, 0) is 12.8 Å². The maximum atomic E-state index is 13.6. The summed E-state index contributed by atoms with van der Waals surface area (Å²) < 4.78 is 41.4. The van der Waals surface area contributed by atoms with Crippen LogP contribution in [0.3, 0.4) is 0 Å². The van der Waals surface area contributed by atoms with Crippen molar-refractivity contribution in [3.63, 3.8) is 0 Å². The molecule has 0 heterocycles. The van der Waals surface area contributed by atoms with Gasteiger partial charge in [-0.1, -0.05) is 22.0 Å². The molecule has 0 amide bonds. The van der Waals surface area contributed by atoms with E-state index in [2.05, 4.69) is 15.9 Å². The highest BCUT2D eigenvalue weighted by Crippen LogP contribution is 2.19. The highest BCUT2D eigenvalue weighted by molar-refractivity contribution is 9.10. The van der Waals surface area contributed by atoms with E-state index < -0.39 is 17.7 Å². The second-order valence-corrected chi connectivity index (χ2v) is 5.52. The monoisotopic (exact) mass is 343 g/mol. The summed E-state index contributed by atoms with van der Waals surface area (Å²) >= 11 is 3.25. The van der Waals surface area contributed by atoms with Crippen LogP contribution in [0.15, 0.2) is 40.9 Å². The molecule has 20 heavy (non-hydrogen) atoms. The Morgan fingerprint density at radius 2 is 1.60 bits per heavy atom. The second-order valence-electron chi connectivity index (χ2n) is 4.60. The first kappa shape index (κ1) is 15.1. The molecule has 1 unspecified atom stereocenters. The maximum Gasteiger partial charge on any atom is 0.129 e. The zero-order chi connectivity index (χ0) is 14.7. The fraction of sp³-hybridized carbons (Fsp3) is 0.200. The summed E-state index contributed by atoms with van der Waals surface area (Å²) in [5.41, 5.74) is 6.24. The van der Waals surface area contributed by atoms with E-state index in [4.69, 9.17) is 5.73 Å². The highest BCUT2D eigenvalue weighted by Gasteiger charge is 2.15. The Morgan fingerprint density at radius 1 is 0.950 bits per heavy atom. The number of hydrogen-bond acceptors (Lipinski definition) is 1. The van der Waals surface area contributed by atoms with Crippen molar-refractivity contribution in [2.24, 2.45) is 5.73 Å². The van der Waals surface area contributed by atoms with Crippen LogP contribution in [0.1, 0.15) is 11.1 Å². The Balaban J connectivity index is 2.13. The van der Waals surface area contributed by atoms with Gasteiger partial charge < -0.3 is 5.73 Å². The van der Waals surface area contributed by atoms with Crippen molar-refractivity contribution in [2.45, 2.75) is 18.9 Å². The van der Waals surface area contributed by atoms with Crippen LogP contribution >= 0.6 is 15.9 Å². The summed E-state index contributed by atoms with van der Waals surface area (Å²) in [5.74, 6) is -1.64. The van der Waals surface area contributed by atoms with Gasteiger partial charge in [-0.15, -0.1) is 0 Å². The summed E-state index contributed by atoms with van der Waals surface area (Å²) in [6.45, 7) is 0. The van der Waals surface area contributed by atoms with Gasteiger partial charge >= 0.3 is 0 Å². The van der Waals surface area contributed by atoms with Crippen LogP contribution in [0, 0.1) is 17.5 Å².